The van der Waals surface area contributed by atoms with Crippen LogP contribution >= 0.6 is 0 Å². The molecule has 0 spiro atoms. The van der Waals surface area contributed by atoms with Crippen molar-refractivity contribution in [2.75, 3.05) is 5.32 Å². The first-order valence-electron chi connectivity index (χ1n) is 8.40. The first-order valence-corrected chi connectivity index (χ1v) is 8.40. The van der Waals surface area contributed by atoms with E-state index in [2.05, 4.69) is 25.4 Å². The van der Waals surface area contributed by atoms with Crippen molar-refractivity contribution in [2.24, 2.45) is 7.05 Å². The van der Waals surface area contributed by atoms with E-state index >= 15 is 0 Å². The second kappa shape index (κ2) is 6.51. The van der Waals surface area contributed by atoms with Crippen LogP contribution in [0.3, 0.4) is 0 Å². The van der Waals surface area contributed by atoms with Gasteiger partial charge >= 0.3 is 0 Å². The van der Waals surface area contributed by atoms with Crippen molar-refractivity contribution in [2.45, 2.75) is 20.4 Å². The maximum Gasteiger partial charge on any atom is 0.182 e. The molecule has 0 aliphatic carbocycles. The lowest BCUT2D eigenvalue weighted by Crippen LogP contribution is -2.07. The molecule has 0 amide bonds. The molecule has 0 aliphatic heterocycles. The Balaban J connectivity index is 1.80. The van der Waals surface area contributed by atoms with Gasteiger partial charge in [0, 0.05) is 19.4 Å². The fraction of sp³-hybridized carbons (Fsp3) is 0.211. The summed E-state index contributed by atoms with van der Waals surface area (Å²) >= 11 is 0. The monoisotopic (exact) mass is 345 g/mol. The van der Waals surface area contributed by atoms with E-state index in [1.165, 1.54) is 0 Å². The molecule has 26 heavy (non-hydrogen) atoms. The van der Waals surface area contributed by atoms with Gasteiger partial charge in [0.15, 0.2) is 11.5 Å². The van der Waals surface area contributed by atoms with Gasteiger partial charge in [-0.25, -0.2) is 9.97 Å². The lowest BCUT2D eigenvalue weighted by Gasteiger charge is -2.10. The number of fused-ring (bicyclic) bond motifs is 1. The molecule has 130 valence electrons. The molecule has 0 bridgehead atoms. The second-order valence-electron chi connectivity index (χ2n) is 6.14. The van der Waals surface area contributed by atoms with Crippen LogP contribution in [0.4, 0.5) is 5.82 Å². The highest BCUT2D eigenvalue weighted by Gasteiger charge is 2.16. The Bertz CT molecular complexity index is 1070. The van der Waals surface area contributed by atoms with E-state index in [1.54, 1.807) is 17.1 Å². The number of nitrogens with one attached hydrogen (secondary N) is 1. The van der Waals surface area contributed by atoms with Gasteiger partial charge in [-0.15, -0.1) is 0 Å². The van der Waals surface area contributed by atoms with E-state index < -0.39 is 0 Å². The Labute approximate surface area is 151 Å². The average molecular weight is 345 g/mol. The van der Waals surface area contributed by atoms with Gasteiger partial charge in [-0.3, -0.25) is 14.6 Å². The fourth-order valence-electron chi connectivity index (χ4n) is 2.95. The van der Waals surface area contributed by atoms with Crippen molar-refractivity contribution in [3.8, 4) is 11.5 Å². The summed E-state index contributed by atoms with van der Waals surface area (Å²) in [6.07, 6.45) is 3.54. The largest absolute Gasteiger partial charge is 0.364 e. The Morgan fingerprint density at radius 1 is 1.00 bits per heavy atom. The molecule has 4 aromatic rings. The molecule has 1 N–H and O–H groups in total. The van der Waals surface area contributed by atoms with Crippen LogP contribution in [0.25, 0.3) is 22.6 Å². The zero-order valence-corrected chi connectivity index (χ0v) is 14.9. The summed E-state index contributed by atoms with van der Waals surface area (Å²) in [6, 6.07) is 9.69. The third-order valence-electron chi connectivity index (χ3n) is 4.29. The topological polar surface area (TPSA) is 81.4 Å². The van der Waals surface area contributed by atoms with Crippen LogP contribution in [0.1, 0.15) is 17.0 Å². The van der Waals surface area contributed by atoms with Crippen LogP contribution in [0.15, 0.2) is 42.7 Å². The Morgan fingerprint density at radius 3 is 2.62 bits per heavy atom. The highest BCUT2D eigenvalue weighted by atomic mass is 15.3. The van der Waals surface area contributed by atoms with E-state index in [0.29, 0.717) is 12.4 Å². The Kier molecular flexibility index (Phi) is 4.04. The standard InChI is InChI=1S/C19H19N7/c1-12-7-6-10-21-15(12)11-22-18-16-13(2)25-26(3)19(16)24-17(23-18)14-8-4-5-9-20-14/h4-10H,11H2,1-3H3,(H,22,23,24). The SMILES string of the molecule is Cc1cccnc1CNc1nc(-c2ccccn2)nc2c1c(C)nn2C. The van der Waals surface area contributed by atoms with Crippen LogP contribution in [0.5, 0.6) is 0 Å². The summed E-state index contributed by atoms with van der Waals surface area (Å²) in [5.74, 6) is 1.31. The van der Waals surface area contributed by atoms with Crippen LogP contribution in [-0.2, 0) is 13.6 Å². The molecule has 0 saturated heterocycles. The van der Waals surface area contributed by atoms with Gasteiger partial charge in [0.1, 0.15) is 11.5 Å². The molecule has 0 aliphatic rings. The summed E-state index contributed by atoms with van der Waals surface area (Å²) < 4.78 is 1.77. The number of hydrogen-bond donors (Lipinski definition) is 1. The van der Waals surface area contributed by atoms with Crippen LogP contribution in [-0.4, -0.2) is 29.7 Å². The molecule has 0 radical (unpaired) electrons. The van der Waals surface area contributed by atoms with Gasteiger partial charge in [-0.2, -0.15) is 5.10 Å². The lowest BCUT2D eigenvalue weighted by atomic mass is 10.2. The first kappa shape index (κ1) is 16.1. The van der Waals surface area contributed by atoms with E-state index in [1.807, 2.05) is 51.2 Å². The third-order valence-corrected chi connectivity index (χ3v) is 4.29. The van der Waals surface area contributed by atoms with Crippen molar-refractivity contribution in [1.82, 2.24) is 29.7 Å². The zero-order chi connectivity index (χ0) is 18.1. The highest BCUT2D eigenvalue weighted by Crippen LogP contribution is 2.26. The summed E-state index contributed by atoms with van der Waals surface area (Å²) in [5.41, 5.74) is 4.51. The molecule has 0 fully saturated rings. The van der Waals surface area contributed by atoms with Crippen molar-refractivity contribution >= 4 is 16.9 Å². The average Bonchev–Trinajstić information content (AvgIpc) is 2.95. The fourth-order valence-corrected chi connectivity index (χ4v) is 2.95. The van der Waals surface area contributed by atoms with E-state index in [-0.39, 0.29) is 0 Å². The van der Waals surface area contributed by atoms with Crippen molar-refractivity contribution < 1.29 is 0 Å². The Morgan fingerprint density at radius 2 is 1.85 bits per heavy atom. The number of aryl methyl sites for hydroxylation is 3. The van der Waals surface area contributed by atoms with E-state index in [9.17, 15) is 0 Å². The van der Waals surface area contributed by atoms with Gasteiger partial charge in [0.25, 0.3) is 0 Å². The second-order valence-corrected chi connectivity index (χ2v) is 6.14. The minimum Gasteiger partial charge on any atom is -0.364 e. The van der Waals surface area contributed by atoms with Gasteiger partial charge in [0.2, 0.25) is 0 Å². The van der Waals surface area contributed by atoms with Crippen LogP contribution in [0.2, 0.25) is 0 Å². The third kappa shape index (κ3) is 2.88. The molecule has 4 rings (SSSR count). The molecule has 4 heterocycles. The smallest absolute Gasteiger partial charge is 0.182 e. The minimum absolute atomic E-state index is 0.571. The molecular weight excluding hydrogens is 326 g/mol. The van der Waals surface area contributed by atoms with E-state index in [0.717, 1.165) is 39.5 Å². The van der Waals surface area contributed by atoms with E-state index in [4.69, 9.17) is 4.98 Å². The number of nitrogens with zero attached hydrogens (tertiary/aromatic N) is 6. The summed E-state index contributed by atoms with van der Waals surface area (Å²) in [4.78, 5) is 18.2. The zero-order valence-electron chi connectivity index (χ0n) is 14.9. The van der Waals surface area contributed by atoms with Crippen molar-refractivity contribution in [1.29, 1.82) is 0 Å². The molecule has 0 unspecified atom stereocenters. The number of anilines is 1. The molecule has 0 atom stereocenters. The quantitative estimate of drug-likeness (QED) is 0.612. The number of rotatable bonds is 4. The molecule has 7 heteroatoms. The van der Waals surface area contributed by atoms with Crippen molar-refractivity contribution in [3.05, 3.63) is 59.7 Å². The maximum atomic E-state index is 4.72. The molecular formula is C19H19N7. The number of hydrogen-bond acceptors (Lipinski definition) is 6. The molecule has 0 aromatic carbocycles. The minimum atomic E-state index is 0.571. The molecule has 7 nitrogen and oxygen atoms in total. The highest BCUT2D eigenvalue weighted by molar-refractivity contribution is 5.90. The number of pyridine rings is 2. The first-order chi connectivity index (χ1) is 12.6. The molecule has 4 aromatic heterocycles. The van der Waals surface area contributed by atoms with Gasteiger partial charge in [0.05, 0.1) is 23.3 Å². The van der Waals surface area contributed by atoms with Gasteiger partial charge < -0.3 is 5.32 Å². The predicted molar refractivity (Wildman–Crippen MR) is 101 cm³/mol. The van der Waals surface area contributed by atoms with Crippen LogP contribution < -0.4 is 5.32 Å². The lowest BCUT2D eigenvalue weighted by molar-refractivity contribution is 0.773. The van der Waals surface area contributed by atoms with Gasteiger partial charge in [-0.1, -0.05) is 12.1 Å². The molecule has 0 saturated carbocycles. The predicted octanol–water partition coefficient (Wildman–Crippen LogP) is 3.05. The normalized spacial score (nSPS) is 11.0. The van der Waals surface area contributed by atoms with Gasteiger partial charge in [-0.05, 0) is 37.6 Å². The Hall–Kier alpha value is -3.35. The van der Waals surface area contributed by atoms with Crippen LogP contribution in [0, 0.1) is 13.8 Å². The maximum absolute atomic E-state index is 4.72. The summed E-state index contributed by atoms with van der Waals surface area (Å²) in [6.45, 7) is 4.59. The summed E-state index contributed by atoms with van der Waals surface area (Å²) in [5, 5.41) is 8.83. The van der Waals surface area contributed by atoms with Crippen molar-refractivity contribution in [3.63, 3.8) is 0 Å². The number of aromatic nitrogens is 6. The summed E-state index contributed by atoms with van der Waals surface area (Å²) in [7, 11) is 1.89.